The first-order valence-electron chi connectivity index (χ1n) is 7.22. The lowest BCUT2D eigenvalue weighted by molar-refractivity contribution is -0.116. The van der Waals surface area contributed by atoms with E-state index in [2.05, 4.69) is 59.4 Å². The molecule has 0 aliphatic rings. The molecule has 0 fully saturated rings. The number of carbonyl (C=O) groups is 1. The first-order chi connectivity index (χ1) is 10.1. The summed E-state index contributed by atoms with van der Waals surface area (Å²) in [5.74, 6) is 0.0635. The third-order valence-corrected chi connectivity index (χ3v) is 3.94. The molecule has 2 nitrogen and oxygen atoms in total. The van der Waals surface area contributed by atoms with Crippen LogP contribution in [-0.4, -0.2) is 5.91 Å². The minimum atomic E-state index is 0.0635. The Hall–Kier alpha value is -1.61. The molecular weight excluding hydrogens is 326 g/mol. The number of hydrogen-bond donors (Lipinski definition) is 1. The van der Waals surface area contributed by atoms with Gasteiger partial charge in [0.15, 0.2) is 0 Å². The zero-order valence-electron chi connectivity index (χ0n) is 12.4. The van der Waals surface area contributed by atoms with E-state index in [1.165, 1.54) is 11.1 Å². The Morgan fingerprint density at radius 3 is 2.71 bits per heavy atom. The lowest BCUT2D eigenvalue weighted by atomic mass is 10.1. The average Bonchev–Trinajstić information content (AvgIpc) is 2.47. The van der Waals surface area contributed by atoms with Gasteiger partial charge in [-0.2, -0.15) is 0 Å². The highest BCUT2D eigenvalue weighted by Gasteiger charge is 2.07. The predicted molar refractivity (Wildman–Crippen MR) is 91.6 cm³/mol. The van der Waals surface area contributed by atoms with Gasteiger partial charge in [-0.1, -0.05) is 52.7 Å². The Morgan fingerprint density at radius 1 is 1.19 bits per heavy atom. The van der Waals surface area contributed by atoms with E-state index in [1.54, 1.807) is 0 Å². The quantitative estimate of drug-likeness (QED) is 0.820. The predicted octanol–water partition coefficient (Wildman–Crippen LogP) is 4.89. The zero-order valence-corrected chi connectivity index (χ0v) is 14.0. The highest BCUT2D eigenvalue weighted by atomic mass is 79.9. The summed E-state index contributed by atoms with van der Waals surface area (Å²) in [6.45, 7) is 4.16. The van der Waals surface area contributed by atoms with Crippen molar-refractivity contribution in [1.82, 2.24) is 0 Å². The number of aryl methyl sites for hydroxylation is 3. The Bertz CT molecular complexity index is 637. The number of benzene rings is 2. The van der Waals surface area contributed by atoms with E-state index in [4.69, 9.17) is 0 Å². The van der Waals surface area contributed by atoms with E-state index in [1.807, 2.05) is 18.2 Å². The van der Waals surface area contributed by atoms with Crippen molar-refractivity contribution in [3.63, 3.8) is 0 Å². The number of anilines is 1. The van der Waals surface area contributed by atoms with Gasteiger partial charge in [0.1, 0.15) is 0 Å². The van der Waals surface area contributed by atoms with Crippen LogP contribution in [0.15, 0.2) is 46.9 Å². The summed E-state index contributed by atoms with van der Waals surface area (Å²) in [4.78, 5) is 12.1. The maximum absolute atomic E-state index is 12.1. The molecule has 0 atom stereocenters. The van der Waals surface area contributed by atoms with Crippen molar-refractivity contribution >= 4 is 27.5 Å². The van der Waals surface area contributed by atoms with E-state index in [0.717, 1.165) is 28.6 Å². The van der Waals surface area contributed by atoms with Crippen LogP contribution in [0.25, 0.3) is 0 Å². The molecule has 0 radical (unpaired) electrons. The lowest BCUT2D eigenvalue weighted by Crippen LogP contribution is -2.13. The Labute approximate surface area is 134 Å². The number of hydrogen-bond acceptors (Lipinski definition) is 1. The molecule has 2 aromatic carbocycles. The molecule has 2 aromatic rings. The minimum Gasteiger partial charge on any atom is -0.326 e. The molecule has 110 valence electrons. The van der Waals surface area contributed by atoms with Crippen molar-refractivity contribution in [3.05, 3.63) is 63.6 Å². The molecule has 0 aliphatic carbocycles. The fourth-order valence-corrected chi connectivity index (χ4v) is 2.72. The van der Waals surface area contributed by atoms with Gasteiger partial charge < -0.3 is 5.32 Å². The molecule has 21 heavy (non-hydrogen) atoms. The maximum Gasteiger partial charge on any atom is 0.224 e. The van der Waals surface area contributed by atoms with Crippen LogP contribution in [0, 0.1) is 6.92 Å². The minimum absolute atomic E-state index is 0.0635. The molecule has 2 rings (SSSR count). The fraction of sp³-hybridized carbons (Fsp3) is 0.278. The number of halogens is 1. The normalized spacial score (nSPS) is 10.4. The summed E-state index contributed by atoms with van der Waals surface area (Å²) in [5, 5.41) is 3.01. The summed E-state index contributed by atoms with van der Waals surface area (Å²) in [5.41, 5.74) is 4.49. The van der Waals surface area contributed by atoms with Crippen molar-refractivity contribution in [2.45, 2.75) is 33.1 Å². The molecule has 0 bridgehead atoms. The summed E-state index contributed by atoms with van der Waals surface area (Å²) >= 11 is 3.46. The van der Waals surface area contributed by atoms with Crippen molar-refractivity contribution in [1.29, 1.82) is 0 Å². The first-order valence-corrected chi connectivity index (χ1v) is 8.01. The molecule has 1 N–H and O–H groups in total. The van der Waals surface area contributed by atoms with E-state index in [9.17, 15) is 4.79 Å². The van der Waals surface area contributed by atoms with Gasteiger partial charge in [-0.3, -0.25) is 4.79 Å². The second-order valence-electron chi connectivity index (χ2n) is 5.19. The van der Waals surface area contributed by atoms with Crippen LogP contribution >= 0.6 is 15.9 Å². The van der Waals surface area contributed by atoms with E-state index in [-0.39, 0.29) is 5.91 Å². The van der Waals surface area contributed by atoms with Crippen molar-refractivity contribution in [2.75, 3.05) is 5.32 Å². The van der Waals surface area contributed by atoms with Crippen molar-refractivity contribution < 1.29 is 4.79 Å². The van der Waals surface area contributed by atoms with Crippen LogP contribution in [0.5, 0.6) is 0 Å². The monoisotopic (exact) mass is 345 g/mol. The van der Waals surface area contributed by atoms with Gasteiger partial charge in [0, 0.05) is 16.6 Å². The van der Waals surface area contributed by atoms with Crippen LogP contribution < -0.4 is 5.32 Å². The topological polar surface area (TPSA) is 29.1 Å². The summed E-state index contributed by atoms with van der Waals surface area (Å²) in [6.07, 6.45) is 2.17. The second kappa shape index (κ2) is 7.41. The van der Waals surface area contributed by atoms with Gasteiger partial charge in [-0.05, 0) is 49.1 Å². The van der Waals surface area contributed by atoms with Crippen LogP contribution in [0.4, 0.5) is 5.69 Å². The van der Waals surface area contributed by atoms with Gasteiger partial charge in [0.25, 0.3) is 0 Å². The van der Waals surface area contributed by atoms with Gasteiger partial charge in [-0.15, -0.1) is 0 Å². The third-order valence-electron chi connectivity index (χ3n) is 3.45. The summed E-state index contributed by atoms with van der Waals surface area (Å²) in [6, 6.07) is 14.3. The van der Waals surface area contributed by atoms with Crippen LogP contribution in [0.1, 0.15) is 30.0 Å². The molecule has 0 heterocycles. The highest BCUT2D eigenvalue weighted by Crippen LogP contribution is 2.22. The summed E-state index contributed by atoms with van der Waals surface area (Å²) in [7, 11) is 0. The van der Waals surface area contributed by atoms with E-state index >= 15 is 0 Å². The number of carbonyl (C=O) groups excluding carboxylic acids is 1. The molecule has 0 aromatic heterocycles. The number of amides is 1. The van der Waals surface area contributed by atoms with Gasteiger partial charge in [0.05, 0.1) is 0 Å². The van der Waals surface area contributed by atoms with E-state index < -0.39 is 0 Å². The SMILES string of the molecule is CCc1cc(Br)ccc1NC(=O)CCc1cccc(C)c1. The van der Waals surface area contributed by atoms with Crippen molar-refractivity contribution in [3.8, 4) is 0 Å². The Balaban J connectivity index is 1.96. The van der Waals surface area contributed by atoms with Crippen LogP contribution in [0.3, 0.4) is 0 Å². The van der Waals surface area contributed by atoms with Gasteiger partial charge >= 0.3 is 0 Å². The molecule has 0 saturated carbocycles. The maximum atomic E-state index is 12.1. The molecule has 0 saturated heterocycles. The summed E-state index contributed by atoms with van der Waals surface area (Å²) < 4.78 is 1.04. The van der Waals surface area contributed by atoms with E-state index in [0.29, 0.717) is 6.42 Å². The average molecular weight is 346 g/mol. The molecule has 1 amide bonds. The van der Waals surface area contributed by atoms with Crippen molar-refractivity contribution in [2.24, 2.45) is 0 Å². The molecule has 3 heteroatoms. The highest BCUT2D eigenvalue weighted by molar-refractivity contribution is 9.10. The third kappa shape index (κ3) is 4.71. The zero-order chi connectivity index (χ0) is 15.2. The van der Waals surface area contributed by atoms with Gasteiger partial charge in [-0.25, -0.2) is 0 Å². The molecular formula is C18H20BrNO. The Kier molecular flexibility index (Phi) is 5.57. The van der Waals surface area contributed by atoms with Crippen LogP contribution in [0.2, 0.25) is 0 Å². The fourth-order valence-electron chi connectivity index (χ4n) is 2.31. The second-order valence-corrected chi connectivity index (χ2v) is 6.11. The Morgan fingerprint density at radius 2 is 2.00 bits per heavy atom. The standard InChI is InChI=1S/C18H20BrNO/c1-3-15-12-16(19)8-9-17(15)20-18(21)10-7-14-6-4-5-13(2)11-14/h4-6,8-9,11-12H,3,7,10H2,1-2H3,(H,20,21). The molecule has 0 unspecified atom stereocenters. The smallest absolute Gasteiger partial charge is 0.224 e. The lowest BCUT2D eigenvalue weighted by Gasteiger charge is -2.10. The van der Waals surface area contributed by atoms with Gasteiger partial charge in [0.2, 0.25) is 5.91 Å². The van der Waals surface area contributed by atoms with Crippen LogP contribution in [-0.2, 0) is 17.6 Å². The first kappa shape index (κ1) is 15.8. The number of rotatable bonds is 5. The number of nitrogens with one attached hydrogen (secondary N) is 1. The molecule has 0 aliphatic heterocycles. The molecule has 0 spiro atoms. The largest absolute Gasteiger partial charge is 0.326 e.